The number of carbonyl (C=O) groups excluding carboxylic acids is 2. The van der Waals surface area contributed by atoms with E-state index in [1.807, 2.05) is 12.1 Å². The number of carbonyl (C=O) groups is 2. The van der Waals surface area contributed by atoms with Crippen molar-refractivity contribution < 1.29 is 9.59 Å². The van der Waals surface area contributed by atoms with Crippen molar-refractivity contribution in [3.05, 3.63) is 53.3 Å². The second-order valence-corrected chi connectivity index (χ2v) is 7.41. The third-order valence-corrected chi connectivity index (χ3v) is 5.03. The zero-order valence-electron chi connectivity index (χ0n) is 17.0. The quantitative estimate of drug-likeness (QED) is 0.552. The Hall–Kier alpha value is -2.60. The first-order valence-corrected chi connectivity index (χ1v) is 10.4. The van der Waals surface area contributed by atoms with Gasteiger partial charge in [-0.15, -0.1) is 0 Å². The Morgan fingerprint density at radius 3 is 2.34 bits per heavy atom. The number of benzene rings is 1. The number of primary amides is 1. The maximum atomic E-state index is 13.3. The topological polar surface area (TPSA) is 88.3 Å². The number of aromatic nitrogens is 1. The lowest BCUT2D eigenvalue weighted by atomic mass is 10.0. The van der Waals surface area contributed by atoms with E-state index in [0.29, 0.717) is 22.8 Å². The molecule has 0 saturated carbocycles. The average molecular weight is 417 g/mol. The normalized spacial score (nSPS) is 10.8. The zero-order chi connectivity index (χ0) is 21.2. The minimum atomic E-state index is -0.413. The molecule has 0 atom stereocenters. The molecule has 1 aromatic heterocycles. The molecule has 0 fully saturated rings. The van der Waals surface area contributed by atoms with Crippen LogP contribution in [0.15, 0.2) is 42.7 Å². The summed E-state index contributed by atoms with van der Waals surface area (Å²) in [6, 6.07) is 8.95. The van der Waals surface area contributed by atoms with Crippen LogP contribution in [0.25, 0.3) is 0 Å². The summed E-state index contributed by atoms with van der Waals surface area (Å²) in [5, 5.41) is 3.66. The molecule has 2 amide bonds. The van der Waals surface area contributed by atoms with Crippen LogP contribution in [0.3, 0.4) is 0 Å². The van der Waals surface area contributed by atoms with E-state index in [4.69, 9.17) is 17.3 Å². The summed E-state index contributed by atoms with van der Waals surface area (Å²) in [6.07, 6.45) is 7.20. The summed E-state index contributed by atoms with van der Waals surface area (Å²) < 4.78 is 0. The number of rotatable bonds is 11. The van der Waals surface area contributed by atoms with E-state index >= 15 is 0 Å². The van der Waals surface area contributed by atoms with Gasteiger partial charge in [0.1, 0.15) is 0 Å². The fourth-order valence-electron chi connectivity index (χ4n) is 3.31. The Labute approximate surface area is 177 Å². The third-order valence-electron chi connectivity index (χ3n) is 4.72. The molecule has 2 rings (SSSR count). The molecule has 0 radical (unpaired) electrons. The number of amides is 2. The molecule has 2 aromatic rings. The Bertz CT molecular complexity index is 808. The number of nitrogens with zero attached hydrogens (tertiary/aromatic N) is 2. The fraction of sp³-hybridized carbons (Fsp3) is 0.409. The summed E-state index contributed by atoms with van der Waals surface area (Å²) in [4.78, 5) is 30.3. The second kappa shape index (κ2) is 11.4. The summed E-state index contributed by atoms with van der Waals surface area (Å²) in [6.45, 7) is 4.50. The van der Waals surface area contributed by atoms with Crippen LogP contribution in [0.2, 0.25) is 5.02 Å². The number of nitrogens with one attached hydrogen (secondary N) is 1. The van der Waals surface area contributed by atoms with Gasteiger partial charge in [-0.3, -0.25) is 14.6 Å². The maximum Gasteiger partial charge on any atom is 0.254 e. The van der Waals surface area contributed by atoms with Crippen molar-refractivity contribution in [2.24, 2.45) is 5.73 Å². The van der Waals surface area contributed by atoms with E-state index < -0.39 is 5.91 Å². The predicted molar refractivity (Wildman–Crippen MR) is 117 cm³/mol. The number of hydrogen-bond donors (Lipinski definition) is 2. The number of nitrogens with two attached hydrogens (primary N) is 1. The maximum absolute atomic E-state index is 13.3. The molecule has 0 spiro atoms. The third kappa shape index (κ3) is 6.75. The van der Waals surface area contributed by atoms with Crippen molar-refractivity contribution in [1.82, 2.24) is 9.88 Å². The van der Waals surface area contributed by atoms with Crippen molar-refractivity contribution in [3.63, 3.8) is 0 Å². The number of halogens is 1. The fourth-order valence-corrected chi connectivity index (χ4v) is 3.54. The molecule has 0 aliphatic carbocycles. The summed E-state index contributed by atoms with van der Waals surface area (Å²) in [5.74, 6) is -0.542. The van der Waals surface area contributed by atoms with E-state index in [-0.39, 0.29) is 18.4 Å². The van der Waals surface area contributed by atoms with Gasteiger partial charge in [-0.1, -0.05) is 38.3 Å². The largest absolute Gasteiger partial charge is 0.370 e. The van der Waals surface area contributed by atoms with Crippen molar-refractivity contribution in [2.75, 3.05) is 11.9 Å². The van der Waals surface area contributed by atoms with Crippen LogP contribution >= 0.6 is 11.6 Å². The SMILES string of the molecule is CCCC(CCC)N(CCC(N)=O)C(=O)c1ccc(Nc2ccncc2)c(Cl)c1. The van der Waals surface area contributed by atoms with Crippen LogP contribution in [0, 0.1) is 0 Å². The van der Waals surface area contributed by atoms with E-state index in [1.54, 1.807) is 35.5 Å². The van der Waals surface area contributed by atoms with Crippen molar-refractivity contribution >= 4 is 34.8 Å². The van der Waals surface area contributed by atoms with Gasteiger partial charge in [-0.2, -0.15) is 0 Å². The van der Waals surface area contributed by atoms with Crippen LogP contribution in [0.4, 0.5) is 11.4 Å². The monoisotopic (exact) mass is 416 g/mol. The van der Waals surface area contributed by atoms with Crippen LogP contribution in [-0.2, 0) is 4.79 Å². The number of anilines is 2. The highest BCUT2D eigenvalue weighted by Gasteiger charge is 2.24. The molecule has 0 saturated heterocycles. The lowest BCUT2D eigenvalue weighted by Gasteiger charge is -2.32. The van der Waals surface area contributed by atoms with E-state index in [2.05, 4.69) is 24.1 Å². The van der Waals surface area contributed by atoms with Gasteiger partial charge in [0.05, 0.1) is 10.7 Å². The van der Waals surface area contributed by atoms with Crippen LogP contribution in [0.5, 0.6) is 0 Å². The van der Waals surface area contributed by atoms with Gasteiger partial charge in [0, 0.05) is 42.7 Å². The van der Waals surface area contributed by atoms with Gasteiger partial charge in [0.2, 0.25) is 5.91 Å². The molecule has 29 heavy (non-hydrogen) atoms. The Morgan fingerprint density at radius 1 is 1.14 bits per heavy atom. The summed E-state index contributed by atoms with van der Waals surface area (Å²) in [7, 11) is 0. The smallest absolute Gasteiger partial charge is 0.254 e. The molecule has 156 valence electrons. The lowest BCUT2D eigenvalue weighted by Crippen LogP contribution is -2.42. The Balaban J connectivity index is 2.24. The molecule has 1 aromatic carbocycles. The summed E-state index contributed by atoms with van der Waals surface area (Å²) >= 11 is 6.43. The van der Waals surface area contributed by atoms with Crippen LogP contribution < -0.4 is 11.1 Å². The summed E-state index contributed by atoms with van der Waals surface area (Å²) in [5.41, 5.74) is 7.39. The first-order chi connectivity index (χ1) is 14.0. The van der Waals surface area contributed by atoms with Gasteiger partial charge in [-0.25, -0.2) is 0 Å². The van der Waals surface area contributed by atoms with Crippen LogP contribution in [0.1, 0.15) is 56.3 Å². The van der Waals surface area contributed by atoms with Gasteiger partial charge in [0.15, 0.2) is 0 Å². The average Bonchev–Trinajstić information content (AvgIpc) is 2.70. The molecule has 6 nitrogen and oxygen atoms in total. The van der Waals surface area contributed by atoms with Crippen molar-refractivity contribution in [1.29, 1.82) is 0 Å². The van der Waals surface area contributed by atoms with Gasteiger partial charge in [-0.05, 0) is 43.2 Å². The molecule has 0 bridgehead atoms. The minimum Gasteiger partial charge on any atom is -0.370 e. The van der Waals surface area contributed by atoms with E-state index in [0.717, 1.165) is 31.4 Å². The van der Waals surface area contributed by atoms with E-state index in [1.165, 1.54) is 0 Å². The number of hydrogen-bond acceptors (Lipinski definition) is 4. The lowest BCUT2D eigenvalue weighted by molar-refractivity contribution is -0.118. The van der Waals surface area contributed by atoms with Crippen molar-refractivity contribution in [3.8, 4) is 0 Å². The van der Waals surface area contributed by atoms with Gasteiger partial charge < -0.3 is 16.0 Å². The number of pyridine rings is 1. The Morgan fingerprint density at radius 2 is 1.79 bits per heavy atom. The molecule has 0 unspecified atom stereocenters. The van der Waals surface area contributed by atoms with E-state index in [9.17, 15) is 9.59 Å². The molecule has 3 N–H and O–H groups in total. The van der Waals surface area contributed by atoms with Gasteiger partial charge >= 0.3 is 0 Å². The van der Waals surface area contributed by atoms with Crippen LogP contribution in [-0.4, -0.2) is 34.3 Å². The minimum absolute atomic E-state index is 0.0743. The molecular weight excluding hydrogens is 388 g/mol. The van der Waals surface area contributed by atoms with Gasteiger partial charge in [0.25, 0.3) is 5.91 Å². The highest BCUT2D eigenvalue weighted by molar-refractivity contribution is 6.33. The molecule has 1 heterocycles. The first-order valence-electron chi connectivity index (χ1n) is 10.0. The molecular formula is C22H29ClN4O2. The molecule has 0 aliphatic rings. The highest BCUT2D eigenvalue weighted by atomic mass is 35.5. The Kier molecular flexibility index (Phi) is 8.93. The standard InChI is InChI=1S/C22H29ClN4O2/c1-3-5-18(6-4-2)27(14-11-21(24)28)22(29)16-7-8-20(19(23)15-16)26-17-9-12-25-13-10-17/h7-10,12-13,15,18H,3-6,11,14H2,1-2H3,(H2,24,28)(H,25,26). The molecule has 0 aliphatic heterocycles. The second-order valence-electron chi connectivity index (χ2n) is 7.00. The zero-order valence-corrected chi connectivity index (χ0v) is 17.8. The first kappa shape index (κ1) is 22.7. The molecule has 7 heteroatoms. The highest BCUT2D eigenvalue weighted by Crippen LogP contribution is 2.27. The predicted octanol–water partition coefficient (Wildman–Crippen LogP) is 4.77. The van der Waals surface area contributed by atoms with Crippen molar-refractivity contribution in [2.45, 2.75) is 52.0 Å².